The minimum atomic E-state index is -0.991. The van der Waals surface area contributed by atoms with Crippen molar-refractivity contribution in [2.24, 2.45) is 11.3 Å². The highest BCUT2D eigenvalue weighted by Gasteiger charge is 2.64. The van der Waals surface area contributed by atoms with Crippen molar-refractivity contribution < 1.29 is 23.9 Å². The van der Waals surface area contributed by atoms with Crippen molar-refractivity contribution in [1.82, 2.24) is 20.3 Å². The first-order valence-electron chi connectivity index (χ1n) is 13.4. The summed E-state index contributed by atoms with van der Waals surface area (Å²) in [5.41, 5.74) is 4.06. The summed E-state index contributed by atoms with van der Waals surface area (Å²) < 4.78 is 21.1. The van der Waals surface area contributed by atoms with Crippen LogP contribution in [-0.4, -0.2) is 65.0 Å². The molecule has 1 aliphatic heterocycles. The van der Waals surface area contributed by atoms with Gasteiger partial charge >= 0.3 is 0 Å². The summed E-state index contributed by atoms with van der Waals surface area (Å²) in [6.45, 7) is 3.43. The third kappa shape index (κ3) is 5.33. The number of hydrogen-bond acceptors (Lipinski definition) is 6. The Labute approximate surface area is 227 Å². The van der Waals surface area contributed by atoms with Crippen molar-refractivity contribution in [2.45, 2.75) is 45.3 Å². The zero-order valence-corrected chi connectivity index (χ0v) is 22.6. The van der Waals surface area contributed by atoms with Crippen LogP contribution in [0.25, 0.3) is 10.9 Å². The average molecular weight is 535 g/mol. The zero-order valence-electron chi connectivity index (χ0n) is 22.6. The Kier molecular flexibility index (Phi) is 7.55. The van der Waals surface area contributed by atoms with Crippen LogP contribution < -0.4 is 10.2 Å². The molecule has 1 aromatic heterocycles. The number of nitrogens with one attached hydrogen (secondary N) is 1. The third-order valence-corrected chi connectivity index (χ3v) is 8.22. The number of hydroxylamine groups is 1. The molecule has 2 heterocycles. The van der Waals surface area contributed by atoms with Crippen molar-refractivity contribution in [3.8, 4) is 5.75 Å². The van der Waals surface area contributed by atoms with Crippen LogP contribution >= 0.6 is 0 Å². The van der Waals surface area contributed by atoms with E-state index in [1.165, 1.54) is 6.07 Å². The quantitative estimate of drug-likeness (QED) is 0.321. The van der Waals surface area contributed by atoms with Gasteiger partial charge < -0.3 is 14.5 Å². The number of nitrogens with zero attached hydrogens (tertiary/aromatic N) is 3. The van der Waals surface area contributed by atoms with Crippen LogP contribution in [-0.2, 0) is 29.0 Å². The Morgan fingerprint density at radius 3 is 2.72 bits per heavy atom. The molecular weight excluding hydrogens is 499 g/mol. The molecule has 3 atom stereocenters. The van der Waals surface area contributed by atoms with Crippen LogP contribution in [0.4, 0.5) is 4.39 Å². The van der Waals surface area contributed by atoms with Crippen molar-refractivity contribution in [3.05, 3.63) is 71.2 Å². The average Bonchev–Trinajstić information content (AvgIpc) is 3.44. The third-order valence-electron chi connectivity index (χ3n) is 8.22. The molecule has 39 heavy (non-hydrogen) atoms. The van der Waals surface area contributed by atoms with Gasteiger partial charge in [0.05, 0.1) is 16.8 Å². The molecule has 1 aliphatic carbocycles. The Morgan fingerprint density at radius 2 is 2.03 bits per heavy atom. The number of likely N-dealkylation sites (N-methyl/N-ethyl adjacent to an activating group) is 1. The van der Waals surface area contributed by atoms with Gasteiger partial charge in [-0.1, -0.05) is 31.2 Å². The molecule has 8 nitrogen and oxygen atoms in total. The van der Waals surface area contributed by atoms with E-state index in [9.17, 15) is 14.8 Å². The molecule has 206 valence electrons. The van der Waals surface area contributed by atoms with E-state index < -0.39 is 23.1 Å². The lowest BCUT2D eigenvalue weighted by Gasteiger charge is -2.25. The smallest absolute Gasteiger partial charge is 0.247 e. The second-order valence-electron chi connectivity index (χ2n) is 10.9. The lowest BCUT2D eigenvalue weighted by Crippen LogP contribution is -2.41. The normalized spacial score (nSPS) is 22.4. The Hall–Kier alpha value is -3.56. The number of halogens is 1. The van der Waals surface area contributed by atoms with Crippen LogP contribution in [0.1, 0.15) is 36.6 Å². The van der Waals surface area contributed by atoms with Crippen molar-refractivity contribution in [2.75, 3.05) is 27.2 Å². The fraction of sp³-hybridized carbons (Fsp3) is 0.433. The van der Waals surface area contributed by atoms with Crippen molar-refractivity contribution in [1.29, 1.82) is 0 Å². The number of para-hydroxylation sites is 1. The van der Waals surface area contributed by atoms with Gasteiger partial charge in [0.1, 0.15) is 6.61 Å². The van der Waals surface area contributed by atoms with Crippen molar-refractivity contribution >= 4 is 22.7 Å². The van der Waals surface area contributed by atoms with Gasteiger partial charge in [-0.15, -0.1) is 0 Å². The summed E-state index contributed by atoms with van der Waals surface area (Å²) in [4.78, 5) is 34.5. The van der Waals surface area contributed by atoms with E-state index in [4.69, 9.17) is 4.74 Å². The molecule has 2 amide bonds. The molecule has 0 radical (unpaired) electrons. The van der Waals surface area contributed by atoms with E-state index in [0.717, 1.165) is 35.0 Å². The first kappa shape index (κ1) is 27.0. The minimum absolute atomic E-state index is 0.113. The number of carbonyl (C=O) groups excluding carboxylic acids is 2. The predicted octanol–water partition coefficient (Wildman–Crippen LogP) is 3.73. The molecule has 0 bridgehead atoms. The number of rotatable bonds is 9. The molecule has 2 fully saturated rings. The number of likely N-dealkylation sites (tertiary alicyclic amines) is 1. The minimum Gasteiger partial charge on any atom is -0.486 e. The largest absolute Gasteiger partial charge is 0.486 e. The molecule has 2 aliphatic rings. The standard InChI is InChI=1S/C30H35FN4O4/c1-4-21-14-20(23-7-5-6-8-26(23)32-21)18-39-27-10-9-19(13-25(27)31)15-30(16-24(30)28(36)33-38)29(37)35-12-11-22(17-35)34(2)3/h5-10,13-14,22,24,38H,4,11-12,15-18H2,1-3H3,(H,33,36)/t22-,24+,30-/m0/s1. The molecule has 2 N–H and O–H groups in total. The van der Waals surface area contributed by atoms with E-state index in [0.29, 0.717) is 25.1 Å². The number of amides is 2. The van der Waals surface area contributed by atoms with Gasteiger partial charge in [0.25, 0.3) is 0 Å². The lowest BCUT2D eigenvalue weighted by molar-refractivity contribution is -0.140. The maximum Gasteiger partial charge on any atom is 0.247 e. The number of hydrogen-bond donors (Lipinski definition) is 2. The van der Waals surface area contributed by atoms with Gasteiger partial charge in [0.15, 0.2) is 11.6 Å². The number of ether oxygens (including phenoxy) is 1. The van der Waals surface area contributed by atoms with Gasteiger partial charge in [-0.2, -0.15) is 0 Å². The number of pyridine rings is 1. The number of aromatic nitrogens is 1. The summed E-state index contributed by atoms with van der Waals surface area (Å²) >= 11 is 0. The van der Waals surface area contributed by atoms with Gasteiger partial charge in [0.2, 0.25) is 11.8 Å². The predicted molar refractivity (Wildman–Crippen MR) is 145 cm³/mol. The van der Waals surface area contributed by atoms with E-state index >= 15 is 4.39 Å². The SMILES string of the molecule is CCc1cc(COc2ccc(C[C@]3(C(=O)N4CC[C@H](N(C)C)C4)C[C@@H]3C(=O)NO)cc2F)c2ccccc2n1. The summed E-state index contributed by atoms with van der Waals surface area (Å²) in [7, 11) is 3.97. The zero-order chi connectivity index (χ0) is 27.7. The van der Waals surface area contributed by atoms with Crippen LogP contribution in [0.3, 0.4) is 0 Å². The van der Waals surface area contributed by atoms with Crippen molar-refractivity contribution in [3.63, 3.8) is 0 Å². The molecule has 0 unspecified atom stereocenters. The van der Waals surface area contributed by atoms with Gasteiger partial charge in [0, 0.05) is 35.8 Å². The summed E-state index contributed by atoms with van der Waals surface area (Å²) in [5.74, 6) is -1.76. The molecule has 2 aromatic carbocycles. The fourth-order valence-corrected chi connectivity index (χ4v) is 5.80. The number of aryl methyl sites for hydroxylation is 1. The van der Waals surface area contributed by atoms with Gasteiger partial charge in [-0.3, -0.25) is 19.8 Å². The van der Waals surface area contributed by atoms with E-state index in [-0.39, 0.29) is 30.7 Å². The van der Waals surface area contributed by atoms with E-state index in [1.807, 2.05) is 51.4 Å². The van der Waals surface area contributed by atoms with Crippen LogP contribution in [0.2, 0.25) is 0 Å². The summed E-state index contributed by atoms with van der Waals surface area (Å²) in [6.07, 6.45) is 2.16. The summed E-state index contributed by atoms with van der Waals surface area (Å²) in [6, 6.07) is 14.8. The number of benzene rings is 2. The lowest BCUT2D eigenvalue weighted by atomic mass is 9.91. The second-order valence-corrected chi connectivity index (χ2v) is 10.9. The highest BCUT2D eigenvalue weighted by molar-refractivity contribution is 5.96. The number of carbonyl (C=O) groups is 2. The van der Waals surface area contributed by atoms with Gasteiger partial charge in [-0.05, 0) is 69.6 Å². The molecule has 9 heteroatoms. The first-order valence-corrected chi connectivity index (χ1v) is 13.4. The second kappa shape index (κ2) is 10.9. The van der Waals surface area contributed by atoms with Crippen LogP contribution in [0.15, 0.2) is 48.5 Å². The van der Waals surface area contributed by atoms with E-state index in [2.05, 4.69) is 9.88 Å². The van der Waals surface area contributed by atoms with Gasteiger partial charge in [-0.25, -0.2) is 9.87 Å². The molecule has 1 saturated heterocycles. The number of fused-ring (bicyclic) bond motifs is 1. The van der Waals surface area contributed by atoms with Crippen LogP contribution in [0.5, 0.6) is 5.75 Å². The molecule has 1 saturated carbocycles. The molecule has 3 aromatic rings. The van der Waals surface area contributed by atoms with E-state index in [1.54, 1.807) is 22.5 Å². The highest BCUT2D eigenvalue weighted by Crippen LogP contribution is 2.56. The van der Waals surface area contributed by atoms with Crippen LogP contribution in [0, 0.1) is 17.2 Å². The molecule has 0 spiro atoms. The monoisotopic (exact) mass is 534 g/mol. The maximum absolute atomic E-state index is 15.2. The fourth-order valence-electron chi connectivity index (χ4n) is 5.80. The summed E-state index contributed by atoms with van der Waals surface area (Å²) in [5, 5.41) is 10.2. The first-order chi connectivity index (χ1) is 18.8. The molecule has 5 rings (SSSR count). The highest BCUT2D eigenvalue weighted by atomic mass is 19.1. The Balaban J connectivity index is 1.33. The maximum atomic E-state index is 15.2. The Bertz CT molecular complexity index is 1400. The molecular formula is C30H35FN4O4. The Morgan fingerprint density at radius 1 is 1.23 bits per heavy atom. The topological polar surface area (TPSA) is 95.0 Å².